The van der Waals surface area contributed by atoms with Gasteiger partial charge in [0.2, 0.25) is 5.91 Å². The van der Waals surface area contributed by atoms with Crippen molar-refractivity contribution < 1.29 is 9.53 Å². The largest absolute Gasteiger partial charge is 0.492 e. The highest BCUT2D eigenvalue weighted by Crippen LogP contribution is 2.20. The van der Waals surface area contributed by atoms with Crippen molar-refractivity contribution in [2.75, 3.05) is 12.3 Å². The lowest BCUT2D eigenvalue weighted by Gasteiger charge is -2.10. The highest BCUT2D eigenvalue weighted by atomic mass is 16.5. The Morgan fingerprint density at radius 1 is 1.56 bits per heavy atom. The van der Waals surface area contributed by atoms with Gasteiger partial charge in [0, 0.05) is 11.7 Å². The molecule has 0 fully saturated rings. The van der Waals surface area contributed by atoms with E-state index in [1.807, 2.05) is 19.9 Å². The van der Waals surface area contributed by atoms with Crippen LogP contribution in [0.3, 0.4) is 0 Å². The first-order valence-electron chi connectivity index (χ1n) is 5.74. The average molecular weight is 247 g/mol. The average Bonchev–Trinajstić information content (AvgIpc) is 2.30. The number of nitriles is 1. The third-order valence-corrected chi connectivity index (χ3v) is 2.16. The molecule has 1 rings (SSSR count). The molecule has 0 saturated heterocycles. The van der Waals surface area contributed by atoms with Gasteiger partial charge in [-0.3, -0.25) is 4.79 Å². The van der Waals surface area contributed by atoms with E-state index in [-0.39, 0.29) is 25.0 Å². The van der Waals surface area contributed by atoms with E-state index < -0.39 is 0 Å². The Balaban J connectivity index is 2.50. The van der Waals surface area contributed by atoms with Crippen molar-refractivity contribution in [1.82, 2.24) is 5.32 Å². The predicted molar refractivity (Wildman–Crippen MR) is 69.0 cm³/mol. The van der Waals surface area contributed by atoms with E-state index >= 15 is 0 Å². The minimum absolute atomic E-state index is 0.0704. The van der Waals surface area contributed by atoms with Crippen molar-refractivity contribution in [3.63, 3.8) is 0 Å². The topological polar surface area (TPSA) is 88.1 Å². The number of nitrogens with zero attached hydrogens (tertiary/aromatic N) is 1. The molecule has 18 heavy (non-hydrogen) atoms. The maximum absolute atomic E-state index is 11.4. The normalized spacial score (nSPS) is 9.89. The van der Waals surface area contributed by atoms with E-state index in [9.17, 15) is 4.79 Å². The van der Waals surface area contributed by atoms with Crippen LogP contribution >= 0.6 is 0 Å². The second-order valence-electron chi connectivity index (χ2n) is 4.19. The Morgan fingerprint density at radius 3 is 2.89 bits per heavy atom. The summed E-state index contributed by atoms with van der Waals surface area (Å²) in [6.07, 6.45) is 0.257. The summed E-state index contributed by atoms with van der Waals surface area (Å²) in [4.78, 5) is 11.4. The number of nitrogen functional groups attached to an aromatic ring is 1. The second kappa shape index (κ2) is 6.50. The number of amides is 1. The van der Waals surface area contributed by atoms with Crippen molar-refractivity contribution in [2.45, 2.75) is 26.3 Å². The first kappa shape index (κ1) is 13.8. The molecule has 3 N–H and O–H groups in total. The van der Waals surface area contributed by atoms with Crippen LogP contribution in [0.5, 0.6) is 5.75 Å². The van der Waals surface area contributed by atoms with Gasteiger partial charge in [-0.1, -0.05) is 0 Å². The zero-order valence-electron chi connectivity index (χ0n) is 10.6. The quantitative estimate of drug-likeness (QED) is 0.770. The smallest absolute Gasteiger partial charge is 0.223 e. The minimum atomic E-state index is -0.0704. The number of carbonyl (C=O) groups excluding carboxylic acids is 1. The molecule has 5 heteroatoms. The van der Waals surface area contributed by atoms with Crippen LogP contribution in [-0.2, 0) is 4.79 Å². The van der Waals surface area contributed by atoms with E-state index in [1.54, 1.807) is 18.2 Å². The number of benzene rings is 1. The summed E-state index contributed by atoms with van der Waals surface area (Å²) in [5.74, 6) is 0.378. The second-order valence-corrected chi connectivity index (χ2v) is 4.19. The molecule has 96 valence electrons. The van der Waals surface area contributed by atoms with Gasteiger partial charge in [0.25, 0.3) is 0 Å². The molecule has 0 radical (unpaired) electrons. The van der Waals surface area contributed by atoms with Crippen LogP contribution in [0.25, 0.3) is 0 Å². The molecule has 5 nitrogen and oxygen atoms in total. The molecule has 0 heterocycles. The van der Waals surface area contributed by atoms with Crippen LogP contribution in [0, 0.1) is 11.3 Å². The fraction of sp³-hybridized carbons (Fsp3) is 0.385. The van der Waals surface area contributed by atoms with Gasteiger partial charge in [0.15, 0.2) is 0 Å². The maximum atomic E-state index is 11.4. The predicted octanol–water partition coefficient (Wildman–Crippen LogP) is 1.43. The van der Waals surface area contributed by atoms with Gasteiger partial charge in [0.1, 0.15) is 11.8 Å². The van der Waals surface area contributed by atoms with Crippen molar-refractivity contribution in [1.29, 1.82) is 5.26 Å². The van der Waals surface area contributed by atoms with E-state index in [0.29, 0.717) is 17.0 Å². The van der Waals surface area contributed by atoms with Crippen molar-refractivity contribution >= 4 is 11.6 Å². The Bertz CT molecular complexity index is 464. The first-order valence-corrected chi connectivity index (χ1v) is 5.74. The summed E-state index contributed by atoms with van der Waals surface area (Å²) in [5, 5.41) is 11.7. The number of nitrogens with one attached hydrogen (secondary N) is 1. The van der Waals surface area contributed by atoms with Crippen molar-refractivity contribution in [3.05, 3.63) is 23.8 Å². The molecule has 1 amide bonds. The zero-order valence-corrected chi connectivity index (χ0v) is 10.6. The maximum Gasteiger partial charge on any atom is 0.223 e. The van der Waals surface area contributed by atoms with E-state index in [4.69, 9.17) is 15.7 Å². The van der Waals surface area contributed by atoms with Gasteiger partial charge in [-0.2, -0.15) is 5.26 Å². The Morgan fingerprint density at radius 2 is 2.28 bits per heavy atom. The minimum Gasteiger partial charge on any atom is -0.492 e. The van der Waals surface area contributed by atoms with Gasteiger partial charge in [-0.05, 0) is 32.0 Å². The molecule has 0 saturated carbocycles. The van der Waals surface area contributed by atoms with Gasteiger partial charge in [0.05, 0.1) is 18.6 Å². The lowest BCUT2D eigenvalue weighted by Crippen LogP contribution is -2.31. The summed E-state index contributed by atoms with van der Waals surface area (Å²) in [7, 11) is 0. The summed E-state index contributed by atoms with van der Waals surface area (Å²) >= 11 is 0. The summed E-state index contributed by atoms with van der Waals surface area (Å²) < 4.78 is 5.40. The number of rotatable bonds is 5. The Labute approximate surface area is 107 Å². The van der Waals surface area contributed by atoms with Crippen LogP contribution in [0.1, 0.15) is 25.8 Å². The standard InChI is InChI=1S/C13H17N3O2/c1-9(2)16-13(17)5-6-18-12-4-3-11(15)7-10(12)8-14/h3-4,7,9H,5-6,15H2,1-2H3,(H,16,17). The number of nitrogens with two attached hydrogens (primary N) is 1. The molecule has 0 spiro atoms. The molecule has 0 aliphatic carbocycles. The summed E-state index contributed by atoms with van der Waals surface area (Å²) in [6.45, 7) is 4.02. The van der Waals surface area contributed by atoms with E-state index in [1.165, 1.54) is 0 Å². The van der Waals surface area contributed by atoms with E-state index in [2.05, 4.69) is 5.32 Å². The van der Waals surface area contributed by atoms with Crippen LogP contribution in [0.2, 0.25) is 0 Å². The Hall–Kier alpha value is -2.22. The fourth-order valence-electron chi connectivity index (χ4n) is 1.41. The molecular weight excluding hydrogens is 230 g/mol. The zero-order chi connectivity index (χ0) is 13.5. The van der Waals surface area contributed by atoms with Gasteiger partial charge < -0.3 is 15.8 Å². The van der Waals surface area contributed by atoms with E-state index in [0.717, 1.165) is 0 Å². The summed E-state index contributed by atoms with van der Waals surface area (Å²) in [5.41, 5.74) is 6.45. The molecule has 0 aliphatic heterocycles. The third kappa shape index (κ3) is 4.34. The Kier molecular flexibility index (Phi) is 5.00. The molecule has 1 aromatic carbocycles. The number of anilines is 1. The van der Waals surface area contributed by atoms with Crippen LogP contribution in [0.4, 0.5) is 5.69 Å². The number of ether oxygens (including phenoxy) is 1. The van der Waals surface area contributed by atoms with Crippen LogP contribution in [-0.4, -0.2) is 18.6 Å². The third-order valence-electron chi connectivity index (χ3n) is 2.16. The number of carbonyl (C=O) groups is 1. The fourth-order valence-corrected chi connectivity index (χ4v) is 1.41. The van der Waals surface area contributed by atoms with Crippen LogP contribution in [0.15, 0.2) is 18.2 Å². The summed E-state index contributed by atoms with van der Waals surface area (Å²) in [6, 6.07) is 6.95. The molecule has 0 unspecified atom stereocenters. The number of hydrogen-bond acceptors (Lipinski definition) is 4. The molecule has 0 aliphatic rings. The number of hydrogen-bond donors (Lipinski definition) is 2. The monoisotopic (exact) mass is 247 g/mol. The highest BCUT2D eigenvalue weighted by Gasteiger charge is 2.06. The molecule has 1 aromatic rings. The van der Waals surface area contributed by atoms with Gasteiger partial charge >= 0.3 is 0 Å². The van der Waals surface area contributed by atoms with Gasteiger partial charge in [-0.25, -0.2) is 0 Å². The van der Waals surface area contributed by atoms with Gasteiger partial charge in [-0.15, -0.1) is 0 Å². The molecule has 0 atom stereocenters. The molecule has 0 aromatic heterocycles. The van der Waals surface area contributed by atoms with Crippen LogP contribution < -0.4 is 15.8 Å². The SMILES string of the molecule is CC(C)NC(=O)CCOc1ccc(N)cc1C#N. The van der Waals surface area contributed by atoms with Crippen molar-refractivity contribution in [2.24, 2.45) is 0 Å². The first-order chi connectivity index (χ1) is 8.52. The lowest BCUT2D eigenvalue weighted by atomic mass is 10.2. The van der Waals surface area contributed by atoms with Crippen molar-refractivity contribution in [3.8, 4) is 11.8 Å². The lowest BCUT2D eigenvalue weighted by molar-refractivity contribution is -0.122. The highest BCUT2D eigenvalue weighted by molar-refractivity contribution is 5.76. The molecular formula is C13H17N3O2. The molecule has 0 bridgehead atoms.